The van der Waals surface area contributed by atoms with Crippen molar-refractivity contribution in [3.8, 4) is 5.75 Å². The minimum atomic E-state index is -0.428. The molecule has 27 heavy (non-hydrogen) atoms. The van der Waals surface area contributed by atoms with Crippen molar-refractivity contribution in [2.45, 2.75) is 13.3 Å². The van der Waals surface area contributed by atoms with Crippen molar-refractivity contribution >= 4 is 28.3 Å². The van der Waals surface area contributed by atoms with Crippen molar-refractivity contribution < 1.29 is 19.1 Å². The van der Waals surface area contributed by atoms with Crippen LogP contribution >= 0.6 is 0 Å². The van der Waals surface area contributed by atoms with E-state index in [-0.39, 0.29) is 18.9 Å². The van der Waals surface area contributed by atoms with Crippen molar-refractivity contribution in [1.82, 2.24) is 0 Å². The zero-order valence-electron chi connectivity index (χ0n) is 15.1. The molecule has 0 aromatic heterocycles. The van der Waals surface area contributed by atoms with Crippen molar-refractivity contribution in [3.63, 3.8) is 0 Å². The minimum Gasteiger partial charge on any atom is -0.482 e. The van der Waals surface area contributed by atoms with Crippen LogP contribution in [0.3, 0.4) is 0 Å². The second-order valence-corrected chi connectivity index (χ2v) is 5.98. The van der Waals surface area contributed by atoms with Crippen molar-refractivity contribution in [3.05, 3.63) is 72.3 Å². The van der Waals surface area contributed by atoms with Gasteiger partial charge >= 0.3 is 5.97 Å². The van der Waals surface area contributed by atoms with Crippen LogP contribution in [0.1, 0.15) is 12.5 Å². The van der Waals surface area contributed by atoms with Gasteiger partial charge in [-0.3, -0.25) is 4.79 Å². The van der Waals surface area contributed by atoms with Gasteiger partial charge < -0.3 is 14.8 Å². The molecular formula is C22H21NO4. The molecule has 5 nitrogen and oxygen atoms in total. The van der Waals surface area contributed by atoms with E-state index in [9.17, 15) is 9.59 Å². The van der Waals surface area contributed by atoms with Crippen molar-refractivity contribution in [2.75, 3.05) is 18.5 Å². The fourth-order valence-electron chi connectivity index (χ4n) is 2.83. The molecule has 0 aliphatic rings. The lowest BCUT2D eigenvalue weighted by Crippen LogP contribution is -2.16. The van der Waals surface area contributed by atoms with Crippen LogP contribution in [0, 0.1) is 0 Å². The van der Waals surface area contributed by atoms with Crippen molar-refractivity contribution in [1.29, 1.82) is 0 Å². The first-order valence-electron chi connectivity index (χ1n) is 8.80. The summed E-state index contributed by atoms with van der Waals surface area (Å²) in [6, 6.07) is 20.9. The maximum atomic E-state index is 12.5. The molecule has 0 unspecified atom stereocenters. The Balaban J connectivity index is 1.64. The Labute approximate surface area is 157 Å². The Kier molecular flexibility index (Phi) is 6.05. The molecule has 3 rings (SSSR count). The number of fused-ring (bicyclic) bond motifs is 1. The van der Waals surface area contributed by atoms with Crippen LogP contribution in [0.15, 0.2) is 66.7 Å². The van der Waals surface area contributed by atoms with E-state index >= 15 is 0 Å². The molecule has 0 bridgehead atoms. The number of esters is 1. The fraction of sp³-hybridized carbons (Fsp3) is 0.182. The quantitative estimate of drug-likeness (QED) is 0.645. The predicted molar refractivity (Wildman–Crippen MR) is 105 cm³/mol. The number of carbonyl (C=O) groups excluding carboxylic acids is 2. The van der Waals surface area contributed by atoms with E-state index in [1.165, 1.54) is 0 Å². The van der Waals surface area contributed by atoms with Gasteiger partial charge in [0.1, 0.15) is 5.75 Å². The Bertz CT molecular complexity index is 946. The summed E-state index contributed by atoms with van der Waals surface area (Å²) >= 11 is 0. The first kappa shape index (κ1) is 18.5. The molecule has 0 fully saturated rings. The molecule has 0 spiro atoms. The molecule has 3 aromatic carbocycles. The lowest BCUT2D eigenvalue weighted by Gasteiger charge is -2.10. The number of benzene rings is 3. The Morgan fingerprint density at radius 3 is 2.59 bits per heavy atom. The molecule has 1 N–H and O–H groups in total. The molecule has 3 aromatic rings. The Hall–Kier alpha value is -3.34. The maximum absolute atomic E-state index is 12.5. The van der Waals surface area contributed by atoms with Crippen LogP contribution in [0.5, 0.6) is 5.75 Å². The zero-order valence-corrected chi connectivity index (χ0v) is 15.1. The third-order valence-electron chi connectivity index (χ3n) is 4.01. The van der Waals surface area contributed by atoms with Gasteiger partial charge in [0.05, 0.1) is 13.0 Å². The van der Waals surface area contributed by atoms with Crippen LogP contribution in [-0.2, 0) is 20.7 Å². The first-order chi connectivity index (χ1) is 13.2. The maximum Gasteiger partial charge on any atom is 0.344 e. The summed E-state index contributed by atoms with van der Waals surface area (Å²) in [5.41, 5.74) is 1.59. The van der Waals surface area contributed by atoms with Gasteiger partial charge in [-0.1, -0.05) is 48.5 Å². The van der Waals surface area contributed by atoms with E-state index in [4.69, 9.17) is 9.47 Å². The molecule has 0 aliphatic carbocycles. The van der Waals surface area contributed by atoms with Crippen LogP contribution in [0.2, 0.25) is 0 Å². The molecule has 0 saturated heterocycles. The lowest BCUT2D eigenvalue weighted by atomic mass is 10.0. The van der Waals surface area contributed by atoms with Crippen LogP contribution in [-0.4, -0.2) is 25.1 Å². The highest BCUT2D eigenvalue weighted by molar-refractivity contribution is 5.96. The number of rotatable bonds is 7. The smallest absolute Gasteiger partial charge is 0.344 e. The Morgan fingerprint density at radius 1 is 0.963 bits per heavy atom. The molecule has 0 atom stereocenters. The van der Waals surface area contributed by atoms with Crippen LogP contribution < -0.4 is 10.1 Å². The van der Waals surface area contributed by atoms with Gasteiger partial charge in [-0.25, -0.2) is 4.79 Å². The number of ether oxygens (including phenoxy) is 2. The van der Waals surface area contributed by atoms with Crippen LogP contribution in [0.4, 0.5) is 5.69 Å². The summed E-state index contributed by atoms with van der Waals surface area (Å²) in [5, 5.41) is 5.05. The molecule has 0 saturated carbocycles. The monoisotopic (exact) mass is 363 g/mol. The van der Waals surface area contributed by atoms with Crippen LogP contribution in [0.25, 0.3) is 10.8 Å². The molecule has 1 amide bonds. The minimum absolute atomic E-state index is 0.117. The largest absolute Gasteiger partial charge is 0.482 e. The Morgan fingerprint density at radius 2 is 1.74 bits per heavy atom. The second kappa shape index (κ2) is 8.85. The standard InChI is InChI=1S/C22H21NO4/c1-2-26-22(25)15-27-19-11-6-10-18(14-19)23-21(24)13-17-9-5-8-16-7-3-4-12-20(16)17/h3-12,14H,2,13,15H2,1H3,(H,23,24). The molecule has 5 heteroatoms. The number of hydrogen-bond acceptors (Lipinski definition) is 4. The van der Waals surface area contributed by atoms with E-state index < -0.39 is 5.97 Å². The lowest BCUT2D eigenvalue weighted by molar-refractivity contribution is -0.145. The van der Waals surface area contributed by atoms with Gasteiger partial charge in [0, 0.05) is 11.8 Å². The van der Waals surface area contributed by atoms with E-state index in [1.54, 1.807) is 31.2 Å². The van der Waals surface area contributed by atoms with E-state index in [2.05, 4.69) is 5.32 Å². The second-order valence-electron chi connectivity index (χ2n) is 5.98. The third kappa shape index (κ3) is 5.07. The fourth-order valence-corrected chi connectivity index (χ4v) is 2.83. The summed E-state index contributed by atoms with van der Waals surface area (Å²) in [5.74, 6) is -0.0530. The summed E-state index contributed by atoms with van der Waals surface area (Å²) in [7, 11) is 0. The SMILES string of the molecule is CCOC(=O)COc1cccc(NC(=O)Cc2cccc3ccccc23)c1. The van der Waals surface area contributed by atoms with E-state index in [0.29, 0.717) is 18.0 Å². The van der Waals surface area contributed by atoms with Gasteiger partial charge in [-0.05, 0) is 35.4 Å². The number of nitrogens with one attached hydrogen (secondary N) is 1. The number of carbonyl (C=O) groups is 2. The molecule has 138 valence electrons. The highest BCUT2D eigenvalue weighted by atomic mass is 16.6. The number of anilines is 1. The van der Waals surface area contributed by atoms with Crippen molar-refractivity contribution in [2.24, 2.45) is 0 Å². The third-order valence-corrected chi connectivity index (χ3v) is 4.01. The number of amides is 1. The number of hydrogen-bond donors (Lipinski definition) is 1. The summed E-state index contributed by atoms with van der Waals surface area (Å²) < 4.78 is 10.2. The molecular weight excluding hydrogens is 342 g/mol. The van der Waals surface area contributed by atoms with Gasteiger partial charge in [-0.2, -0.15) is 0 Å². The van der Waals surface area contributed by atoms with E-state index in [1.807, 2.05) is 42.5 Å². The van der Waals surface area contributed by atoms with E-state index in [0.717, 1.165) is 16.3 Å². The van der Waals surface area contributed by atoms with Gasteiger partial charge in [0.15, 0.2) is 6.61 Å². The summed E-state index contributed by atoms with van der Waals surface area (Å²) in [6.07, 6.45) is 0.273. The highest BCUT2D eigenvalue weighted by Gasteiger charge is 2.09. The molecule has 0 radical (unpaired) electrons. The average molecular weight is 363 g/mol. The predicted octanol–water partition coefficient (Wildman–Crippen LogP) is 3.96. The van der Waals surface area contributed by atoms with Gasteiger partial charge in [0.2, 0.25) is 5.91 Å². The van der Waals surface area contributed by atoms with Gasteiger partial charge in [0.25, 0.3) is 0 Å². The molecule has 0 aliphatic heterocycles. The molecule has 0 heterocycles. The topological polar surface area (TPSA) is 64.6 Å². The zero-order chi connectivity index (χ0) is 19.1. The first-order valence-corrected chi connectivity index (χ1v) is 8.80. The van der Waals surface area contributed by atoms with Gasteiger partial charge in [-0.15, -0.1) is 0 Å². The summed E-state index contributed by atoms with van der Waals surface area (Å²) in [4.78, 5) is 23.8. The highest BCUT2D eigenvalue weighted by Crippen LogP contribution is 2.21. The average Bonchev–Trinajstić information content (AvgIpc) is 2.67. The summed E-state index contributed by atoms with van der Waals surface area (Å²) in [6.45, 7) is 1.89. The normalized spacial score (nSPS) is 10.4.